The summed E-state index contributed by atoms with van der Waals surface area (Å²) in [5.41, 5.74) is 6.07. The molecule has 0 aliphatic carbocycles. The van der Waals surface area contributed by atoms with E-state index in [1.54, 1.807) is 0 Å². The Morgan fingerprint density at radius 2 is 1.55 bits per heavy atom. The van der Waals surface area contributed by atoms with Gasteiger partial charge < -0.3 is 4.74 Å². The largest absolute Gasteiger partial charge is 0.489 e. The van der Waals surface area contributed by atoms with Crippen molar-refractivity contribution in [1.82, 2.24) is 9.78 Å². The normalized spacial score (nSPS) is 14.1. The van der Waals surface area contributed by atoms with Gasteiger partial charge in [0.2, 0.25) is 0 Å². The van der Waals surface area contributed by atoms with Crippen LogP contribution in [-0.4, -0.2) is 21.4 Å². The summed E-state index contributed by atoms with van der Waals surface area (Å²) in [6.07, 6.45) is 3.80. The lowest BCUT2D eigenvalue weighted by Gasteiger charge is -2.11. The second kappa shape index (κ2) is 11.0. The highest BCUT2D eigenvalue weighted by molar-refractivity contribution is 6.32. The summed E-state index contributed by atoms with van der Waals surface area (Å²) in [7, 11) is 0. The molecule has 7 heteroatoms. The van der Waals surface area contributed by atoms with Crippen molar-refractivity contribution in [3.05, 3.63) is 137 Å². The average molecular weight is 545 g/mol. The molecule has 0 radical (unpaired) electrons. The number of benzene rings is 4. The van der Waals surface area contributed by atoms with Gasteiger partial charge in [-0.25, -0.2) is 4.68 Å². The lowest BCUT2D eigenvalue weighted by atomic mass is 10.0. The van der Waals surface area contributed by atoms with E-state index in [-0.39, 0.29) is 5.91 Å². The predicted octanol–water partition coefficient (Wildman–Crippen LogP) is 7.58. The van der Waals surface area contributed by atoms with Crippen LogP contribution in [0.25, 0.3) is 23.0 Å². The molecule has 2 heterocycles. The number of hydrogen-bond acceptors (Lipinski definition) is 4. The molecule has 1 aromatic heterocycles. The number of para-hydroxylation sites is 2. The Morgan fingerprint density at radius 3 is 2.30 bits per heavy atom. The molecule has 1 aliphatic rings. The number of carbonyl (C=O) groups is 1. The molecule has 0 saturated carbocycles. The van der Waals surface area contributed by atoms with Crippen LogP contribution in [0, 0.1) is 0 Å². The first kappa shape index (κ1) is 25.3. The highest BCUT2D eigenvalue weighted by Gasteiger charge is 2.29. The van der Waals surface area contributed by atoms with Crippen molar-refractivity contribution in [2.45, 2.75) is 13.5 Å². The predicted molar refractivity (Wildman–Crippen MR) is 160 cm³/mol. The third-order valence-corrected chi connectivity index (χ3v) is 6.95. The average Bonchev–Trinajstić information content (AvgIpc) is 3.54. The van der Waals surface area contributed by atoms with Crippen molar-refractivity contribution in [1.29, 1.82) is 0 Å². The highest BCUT2D eigenvalue weighted by Crippen LogP contribution is 2.31. The van der Waals surface area contributed by atoms with Gasteiger partial charge >= 0.3 is 0 Å². The number of anilines is 1. The molecule has 0 bridgehead atoms. The summed E-state index contributed by atoms with van der Waals surface area (Å²) in [5, 5.41) is 11.6. The molecule has 0 saturated heterocycles. The van der Waals surface area contributed by atoms with Gasteiger partial charge in [-0.3, -0.25) is 4.79 Å². The van der Waals surface area contributed by atoms with E-state index in [2.05, 4.69) is 5.10 Å². The van der Waals surface area contributed by atoms with E-state index in [0.29, 0.717) is 28.7 Å². The van der Waals surface area contributed by atoms with Gasteiger partial charge in [-0.1, -0.05) is 78.3 Å². The molecule has 6 nitrogen and oxygen atoms in total. The molecule has 40 heavy (non-hydrogen) atoms. The lowest BCUT2D eigenvalue weighted by Crippen LogP contribution is -2.21. The Balaban J connectivity index is 1.37. The number of nitrogens with zero attached hydrogens (tertiary/aromatic N) is 4. The molecule has 196 valence electrons. The quantitative estimate of drug-likeness (QED) is 0.198. The number of amides is 1. The van der Waals surface area contributed by atoms with Crippen LogP contribution < -0.4 is 9.75 Å². The third kappa shape index (κ3) is 5.17. The van der Waals surface area contributed by atoms with Crippen LogP contribution in [0.3, 0.4) is 0 Å². The minimum atomic E-state index is -0.182. The first-order valence-electron chi connectivity index (χ1n) is 12.9. The number of halogens is 1. The summed E-state index contributed by atoms with van der Waals surface area (Å²) in [6.45, 7) is 2.19. The molecule has 0 atom stereocenters. The van der Waals surface area contributed by atoms with E-state index in [0.717, 1.165) is 33.8 Å². The Hall–Kier alpha value is -4.94. The molecule has 1 aliphatic heterocycles. The van der Waals surface area contributed by atoms with Gasteiger partial charge in [0.25, 0.3) is 5.91 Å². The summed E-state index contributed by atoms with van der Waals surface area (Å²) < 4.78 is 7.90. The monoisotopic (exact) mass is 544 g/mol. The van der Waals surface area contributed by atoms with E-state index >= 15 is 0 Å². The van der Waals surface area contributed by atoms with Crippen LogP contribution in [0.5, 0.6) is 5.75 Å². The first-order chi connectivity index (χ1) is 19.6. The van der Waals surface area contributed by atoms with E-state index in [4.69, 9.17) is 21.4 Å². The molecular formula is C33H25ClN4O2. The van der Waals surface area contributed by atoms with Gasteiger partial charge in [-0.2, -0.15) is 15.2 Å². The number of aromatic nitrogens is 2. The SMILES string of the molecule is CC1=NN(c2ccccc2)C(=O)C1=Cc1cn(-c2ccccc2)nc1-c1cccc(OCc2ccccc2Cl)c1. The Bertz CT molecular complexity index is 1740. The molecule has 4 aromatic carbocycles. The van der Waals surface area contributed by atoms with Crippen molar-refractivity contribution >= 4 is 35.0 Å². The maximum atomic E-state index is 13.4. The third-order valence-electron chi connectivity index (χ3n) is 6.59. The van der Waals surface area contributed by atoms with Crippen molar-refractivity contribution in [2.24, 2.45) is 5.10 Å². The fourth-order valence-electron chi connectivity index (χ4n) is 4.52. The standard InChI is InChI=1S/C33H25ClN4O2/c1-23-30(33(39)38(35-23)28-15-6-3-7-16-28)20-26-21-37(27-13-4-2-5-14-27)36-32(26)24-12-10-17-29(19-24)40-22-25-11-8-9-18-31(25)34/h2-21H,22H2,1H3. The molecule has 0 unspecified atom stereocenters. The van der Waals surface area contributed by atoms with Crippen LogP contribution in [-0.2, 0) is 11.4 Å². The van der Waals surface area contributed by atoms with Crippen LogP contribution >= 0.6 is 11.6 Å². The Kier molecular flexibility index (Phi) is 7.00. The van der Waals surface area contributed by atoms with Crippen molar-refractivity contribution in [2.75, 3.05) is 5.01 Å². The van der Waals surface area contributed by atoms with Crippen LogP contribution in [0.1, 0.15) is 18.1 Å². The van der Waals surface area contributed by atoms with E-state index in [9.17, 15) is 4.79 Å². The lowest BCUT2D eigenvalue weighted by molar-refractivity contribution is -0.114. The van der Waals surface area contributed by atoms with Gasteiger partial charge in [0.15, 0.2) is 0 Å². The minimum Gasteiger partial charge on any atom is -0.489 e. The number of hydrazone groups is 1. The maximum Gasteiger partial charge on any atom is 0.280 e. The molecule has 0 fully saturated rings. The number of ether oxygens (including phenoxy) is 1. The summed E-state index contributed by atoms with van der Waals surface area (Å²) in [6, 6.07) is 34.7. The zero-order valence-electron chi connectivity index (χ0n) is 21.7. The van der Waals surface area contributed by atoms with Gasteiger partial charge in [-0.15, -0.1) is 0 Å². The fraction of sp³-hybridized carbons (Fsp3) is 0.0606. The van der Waals surface area contributed by atoms with Crippen molar-refractivity contribution in [3.63, 3.8) is 0 Å². The Morgan fingerprint density at radius 1 is 0.850 bits per heavy atom. The number of rotatable bonds is 7. The zero-order valence-corrected chi connectivity index (χ0v) is 22.5. The Labute approximate surface area is 237 Å². The van der Waals surface area contributed by atoms with E-state index < -0.39 is 0 Å². The van der Waals surface area contributed by atoms with E-state index in [1.165, 1.54) is 5.01 Å². The van der Waals surface area contributed by atoms with Gasteiger partial charge in [0, 0.05) is 27.9 Å². The van der Waals surface area contributed by atoms with E-state index in [1.807, 2.05) is 133 Å². The number of carbonyl (C=O) groups excluding carboxylic acids is 1. The zero-order chi connectivity index (χ0) is 27.5. The fourth-order valence-corrected chi connectivity index (χ4v) is 4.71. The minimum absolute atomic E-state index is 0.182. The summed E-state index contributed by atoms with van der Waals surface area (Å²) in [4.78, 5) is 13.4. The first-order valence-corrected chi connectivity index (χ1v) is 13.2. The van der Waals surface area contributed by atoms with Crippen LogP contribution in [0.2, 0.25) is 5.02 Å². The summed E-state index contributed by atoms with van der Waals surface area (Å²) >= 11 is 6.31. The number of hydrogen-bond donors (Lipinski definition) is 0. The molecule has 1 amide bonds. The topological polar surface area (TPSA) is 59.7 Å². The smallest absolute Gasteiger partial charge is 0.280 e. The van der Waals surface area contributed by atoms with Crippen molar-refractivity contribution < 1.29 is 9.53 Å². The molecule has 5 aromatic rings. The van der Waals surface area contributed by atoms with Gasteiger partial charge in [-0.05, 0) is 55.5 Å². The molecule has 6 rings (SSSR count). The second-order valence-electron chi connectivity index (χ2n) is 9.32. The molecule has 0 N–H and O–H groups in total. The highest BCUT2D eigenvalue weighted by atomic mass is 35.5. The van der Waals surface area contributed by atoms with Crippen molar-refractivity contribution in [3.8, 4) is 22.7 Å². The molecule has 0 spiro atoms. The van der Waals surface area contributed by atoms with Crippen LogP contribution in [0.15, 0.2) is 126 Å². The molecular weight excluding hydrogens is 520 g/mol. The van der Waals surface area contributed by atoms with Crippen LogP contribution in [0.4, 0.5) is 5.69 Å². The van der Waals surface area contributed by atoms with Gasteiger partial charge in [0.1, 0.15) is 18.1 Å². The second-order valence-corrected chi connectivity index (χ2v) is 9.72. The maximum absolute atomic E-state index is 13.4. The van der Waals surface area contributed by atoms with Gasteiger partial charge in [0.05, 0.1) is 22.7 Å². The summed E-state index contributed by atoms with van der Waals surface area (Å²) in [5.74, 6) is 0.508.